The number of aliphatic hydroxyl groups is 1. The van der Waals surface area contributed by atoms with E-state index in [2.05, 4.69) is 25.9 Å². The summed E-state index contributed by atoms with van der Waals surface area (Å²) in [6.07, 6.45) is 2.72. The Morgan fingerprint density at radius 1 is 1.27 bits per heavy atom. The number of amides is 1. The first-order valence-electron chi connectivity index (χ1n) is 9.42. The third-order valence-electron chi connectivity index (χ3n) is 5.42. The van der Waals surface area contributed by atoms with Crippen LogP contribution in [0.5, 0.6) is 0 Å². The second-order valence-corrected chi connectivity index (χ2v) is 8.19. The number of aliphatic hydroxyl groups excluding tert-OH is 1. The zero-order valence-corrected chi connectivity index (χ0v) is 16.1. The van der Waals surface area contributed by atoms with Gasteiger partial charge in [-0.2, -0.15) is 5.10 Å². The van der Waals surface area contributed by atoms with E-state index in [0.717, 1.165) is 24.2 Å². The van der Waals surface area contributed by atoms with Crippen molar-refractivity contribution in [2.75, 3.05) is 13.1 Å². The minimum absolute atomic E-state index is 0.0320. The van der Waals surface area contributed by atoms with Gasteiger partial charge in [-0.1, -0.05) is 45.9 Å². The lowest BCUT2D eigenvalue weighted by molar-refractivity contribution is -0.0188. The van der Waals surface area contributed by atoms with Crippen LogP contribution in [0.15, 0.2) is 36.5 Å². The number of β-amino-alcohol motifs (C(OH)–C–C–N with tert-alkyl or cyclic N) is 1. The number of likely N-dealkylation sites (tertiary alicyclic amines) is 1. The monoisotopic (exact) mass is 355 g/mol. The quantitative estimate of drug-likeness (QED) is 0.919. The third-order valence-corrected chi connectivity index (χ3v) is 5.42. The lowest BCUT2D eigenvalue weighted by atomic mass is 9.73. The van der Waals surface area contributed by atoms with Crippen molar-refractivity contribution in [1.82, 2.24) is 14.7 Å². The zero-order chi connectivity index (χ0) is 18.9. The second-order valence-electron chi connectivity index (χ2n) is 8.19. The molecule has 0 spiro atoms. The number of benzene rings is 1. The molecule has 1 N–H and O–H groups in total. The third kappa shape index (κ3) is 3.54. The number of carbonyl (C=O) groups excluding carboxylic acids is 1. The van der Waals surface area contributed by atoms with Gasteiger partial charge in [-0.15, -0.1) is 0 Å². The molecule has 26 heavy (non-hydrogen) atoms. The SMILES string of the molecule is CCc1c(C(=O)N2CC[C@H](C(C)(C)C)[C@H](O)C2)cnn1-c1ccccc1. The van der Waals surface area contributed by atoms with Gasteiger partial charge in [-0.3, -0.25) is 4.79 Å². The van der Waals surface area contributed by atoms with Crippen molar-refractivity contribution in [3.8, 4) is 5.69 Å². The van der Waals surface area contributed by atoms with Crippen LogP contribution in [0.25, 0.3) is 5.69 Å². The Bertz CT molecular complexity index is 761. The number of rotatable bonds is 3. The molecule has 0 unspecified atom stereocenters. The van der Waals surface area contributed by atoms with Crippen molar-refractivity contribution in [2.24, 2.45) is 11.3 Å². The fourth-order valence-corrected chi connectivity index (χ4v) is 3.98. The van der Waals surface area contributed by atoms with Crippen LogP contribution >= 0.6 is 0 Å². The summed E-state index contributed by atoms with van der Waals surface area (Å²) in [5.74, 6) is 0.180. The summed E-state index contributed by atoms with van der Waals surface area (Å²) in [4.78, 5) is 14.9. The summed E-state index contributed by atoms with van der Waals surface area (Å²) in [5, 5.41) is 15.0. The van der Waals surface area contributed by atoms with Crippen molar-refractivity contribution in [3.05, 3.63) is 47.8 Å². The van der Waals surface area contributed by atoms with E-state index in [1.165, 1.54) is 0 Å². The molecule has 5 heteroatoms. The average molecular weight is 355 g/mol. The second kappa shape index (κ2) is 7.23. The zero-order valence-electron chi connectivity index (χ0n) is 16.1. The van der Waals surface area contributed by atoms with Crippen molar-refractivity contribution in [3.63, 3.8) is 0 Å². The van der Waals surface area contributed by atoms with Gasteiger partial charge in [0.25, 0.3) is 5.91 Å². The molecule has 2 atom stereocenters. The molecular weight excluding hydrogens is 326 g/mol. The molecule has 140 valence electrons. The highest BCUT2D eigenvalue weighted by Gasteiger charge is 2.37. The molecule has 1 fully saturated rings. The van der Waals surface area contributed by atoms with Gasteiger partial charge in [0.1, 0.15) is 0 Å². The fraction of sp³-hybridized carbons (Fsp3) is 0.524. The van der Waals surface area contributed by atoms with E-state index in [-0.39, 0.29) is 17.2 Å². The highest BCUT2D eigenvalue weighted by atomic mass is 16.3. The summed E-state index contributed by atoms with van der Waals surface area (Å²) in [7, 11) is 0. The predicted octanol–water partition coefficient (Wildman–Crippen LogP) is 3.30. The maximum Gasteiger partial charge on any atom is 0.257 e. The minimum atomic E-state index is -0.484. The first-order chi connectivity index (χ1) is 12.3. The summed E-state index contributed by atoms with van der Waals surface area (Å²) >= 11 is 0. The van der Waals surface area contributed by atoms with Crippen LogP contribution in [-0.2, 0) is 6.42 Å². The number of piperidine rings is 1. The molecule has 1 saturated heterocycles. The molecule has 5 nitrogen and oxygen atoms in total. The van der Waals surface area contributed by atoms with Gasteiger partial charge in [0.2, 0.25) is 0 Å². The van der Waals surface area contributed by atoms with E-state index in [9.17, 15) is 9.90 Å². The number of para-hydroxylation sites is 1. The molecule has 1 amide bonds. The molecule has 3 rings (SSSR count). The fourth-order valence-electron chi connectivity index (χ4n) is 3.98. The van der Waals surface area contributed by atoms with Crippen LogP contribution in [0.4, 0.5) is 0 Å². The highest BCUT2D eigenvalue weighted by Crippen LogP contribution is 2.35. The van der Waals surface area contributed by atoms with Gasteiger partial charge in [0.15, 0.2) is 0 Å². The Morgan fingerprint density at radius 2 is 1.96 bits per heavy atom. The van der Waals surface area contributed by atoms with Crippen LogP contribution in [0.3, 0.4) is 0 Å². The van der Waals surface area contributed by atoms with E-state index in [1.54, 1.807) is 11.1 Å². The van der Waals surface area contributed by atoms with Gasteiger partial charge in [0, 0.05) is 13.1 Å². The largest absolute Gasteiger partial charge is 0.391 e. The molecule has 2 heterocycles. The summed E-state index contributed by atoms with van der Waals surface area (Å²) in [6, 6.07) is 9.86. The molecule has 1 aromatic heterocycles. The molecule has 0 bridgehead atoms. The van der Waals surface area contributed by atoms with Gasteiger partial charge < -0.3 is 10.0 Å². The Balaban J connectivity index is 1.82. The van der Waals surface area contributed by atoms with Crippen LogP contribution in [0.2, 0.25) is 0 Å². The van der Waals surface area contributed by atoms with E-state index in [4.69, 9.17) is 0 Å². The molecule has 0 radical (unpaired) electrons. The van der Waals surface area contributed by atoms with Crippen LogP contribution in [0, 0.1) is 11.3 Å². The van der Waals surface area contributed by atoms with Crippen LogP contribution < -0.4 is 0 Å². The normalized spacial score (nSPS) is 21.0. The molecule has 1 aliphatic heterocycles. The van der Waals surface area contributed by atoms with Gasteiger partial charge in [0.05, 0.1) is 29.2 Å². The topological polar surface area (TPSA) is 58.4 Å². The first-order valence-corrected chi connectivity index (χ1v) is 9.42. The Hall–Kier alpha value is -2.14. The molecule has 0 aliphatic carbocycles. The summed E-state index contributed by atoms with van der Waals surface area (Å²) in [5.41, 5.74) is 2.54. The van der Waals surface area contributed by atoms with Crippen molar-refractivity contribution >= 4 is 5.91 Å². The minimum Gasteiger partial charge on any atom is -0.391 e. The summed E-state index contributed by atoms with van der Waals surface area (Å²) in [6.45, 7) is 9.55. The smallest absolute Gasteiger partial charge is 0.257 e. The molecule has 0 saturated carbocycles. The molecular formula is C21H29N3O2. The Kier molecular flexibility index (Phi) is 5.19. The predicted molar refractivity (Wildman–Crippen MR) is 102 cm³/mol. The average Bonchev–Trinajstić information content (AvgIpc) is 3.04. The van der Waals surface area contributed by atoms with Gasteiger partial charge in [-0.25, -0.2) is 4.68 Å². The van der Waals surface area contributed by atoms with Crippen LogP contribution in [-0.4, -0.2) is 44.9 Å². The maximum absolute atomic E-state index is 13.1. The van der Waals surface area contributed by atoms with Crippen LogP contribution in [0.1, 0.15) is 50.2 Å². The van der Waals surface area contributed by atoms with E-state index in [1.807, 2.05) is 41.9 Å². The van der Waals surface area contributed by atoms with Crippen molar-refractivity contribution in [2.45, 2.75) is 46.6 Å². The maximum atomic E-state index is 13.1. The molecule has 2 aromatic rings. The van der Waals surface area contributed by atoms with Crippen molar-refractivity contribution < 1.29 is 9.90 Å². The first kappa shape index (κ1) is 18.6. The number of hydrogen-bond donors (Lipinski definition) is 1. The van der Waals surface area contributed by atoms with Crippen molar-refractivity contribution in [1.29, 1.82) is 0 Å². The standard InChI is InChI=1S/C21H29N3O2/c1-5-18-16(13-22-24(18)15-9-7-6-8-10-15)20(26)23-12-11-17(19(25)14-23)21(2,3)4/h6-10,13,17,19,25H,5,11-12,14H2,1-4H3/t17-,19+/m0/s1. The number of hydrogen-bond acceptors (Lipinski definition) is 3. The van der Waals surface area contributed by atoms with E-state index < -0.39 is 6.10 Å². The van der Waals surface area contributed by atoms with Gasteiger partial charge in [-0.05, 0) is 36.3 Å². The van der Waals surface area contributed by atoms with E-state index >= 15 is 0 Å². The highest BCUT2D eigenvalue weighted by molar-refractivity contribution is 5.95. The van der Waals surface area contributed by atoms with Gasteiger partial charge >= 0.3 is 0 Å². The Labute approximate surface area is 155 Å². The number of carbonyl (C=O) groups is 1. The molecule has 1 aromatic carbocycles. The number of aromatic nitrogens is 2. The summed E-state index contributed by atoms with van der Waals surface area (Å²) < 4.78 is 1.84. The lowest BCUT2D eigenvalue weighted by Crippen LogP contribution is -2.50. The lowest BCUT2D eigenvalue weighted by Gasteiger charge is -2.42. The molecule has 1 aliphatic rings. The van der Waals surface area contributed by atoms with E-state index in [0.29, 0.717) is 18.7 Å². The Morgan fingerprint density at radius 3 is 2.54 bits per heavy atom. The number of nitrogens with zero attached hydrogens (tertiary/aromatic N) is 3.